The van der Waals surface area contributed by atoms with Crippen molar-refractivity contribution < 1.29 is 13.9 Å². The molecular formula is C28H33N3O+2. The molecule has 0 saturated heterocycles. The first kappa shape index (κ1) is 22.0. The maximum atomic E-state index is 5.96. The molecule has 0 atom stereocenters. The molecule has 4 nitrogen and oxygen atoms in total. The summed E-state index contributed by atoms with van der Waals surface area (Å²) in [4.78, 5) is 0. The van der Waals surface area contributed by atoms with Crippen LogP contribution in [0.5, 0.6) is 5.75 Å². The molecule has 0 amide bonds. The van der Waals surface area contributed by atoms with E-state index >= 15 is 0 Å². The lowest BCUT2D eigenvalue weighted by Gasteiger charge is -2.06. The van der Waals surface area contributed by atoms with Crippen LogP contribution in [0, 0.1) is 0 Å². The van der Waals surface area contributed by atoms with Gasteiger partial charge in [0.15, 0.2) is 31.3 Å². The number of pyridine rings is 2. The van der Waals surface area contributed by atoms with Gasteiger partial charge in [-0.15, -0.1) is 0 Å². The molecule has 0 radical (unpaired) electrons. The Morgan fingerprint density at radius 3 is 2.00 bits per heavy atom. The minimum Gasteiger partial charge on any atom is -0.493 e. The summed E-state index contributed by atoms with van der Waals surface area (Å²) in [7, 11) is 0. The van der Waals surface area contributed by atoms with Crippen molar-refractivity contribution in [1.29, 1.82) is 0 Å². The Hall–Kier alpha value is -3.24. The molecule has 0 unspecified atom stereocenters. The van der Waals surface area contributed by atoms with Crippen molar-refractivity contribution >= 4 is 10.8 Å². The summed E-state index contributed by atoms with van der Waals surface area (Å²) < 4.78 is 10.4. The number of rotatable bonds is 11. The van der Waals surface area contributed by atoms with Crippen LogP contribution < -0.4 is 19.2 Å². The maximum absolute atomic E-state index is 5.96. The van der Waals surface area contributed by atoms with Gasteiger partial charge in [-0.2, -0.15) is 0 Å². The van der Waals surface area contributed by atoms with Crippen molar-refractivity contribution in [2.45, 2.75) is 32.9 Å². The maximum Gasteiger partial charge on any atom is 0.169 e. The van der Waals surface area contributed by atoms with Crippen LogP contribution >= 0.6 is 0 Å². The Morgan fingerprint density at radius 1 is 0.719 bits per heavy atom. The van der Waals surface area contributed by atoms with E-state index in [2.05, 4.69) is 113 Å². The molecule has 2 aromatic heterocycles. The molecule has 4 heteroatoms. The van der Waals surface area contributed by atoms with E-state index in [0.29, 0.717) is 6.61 Å². The SMILES string of the molecule is CCNCCC[n+]1ccc(-c2cc[n+](CCCOc3ccc4ccccc4c3)cc2)cc1. The van der Waals surface area contributed by atoms with Gasteiger partial charge in [0.1, 0.15) is 12.3 Å². The third-order valence-electron chi connectivity index (χ3n) is 5.69. The first-order valence-corrected chi connectivity index (χ1v) is 11.6. The van der Waals surface area contributed by atoms with Crippen molar-refractivity contribution in [3.63, 3.8) is 0 Å². The second-order valence-electron chi connectivity index (χ2n) is 8.07. The fourth-order valence-corrected chi connectivity index (χ4v) is 3.86. The molecule has 0 aliphatic carbocycles. The summed E-state index contributed by atoms with van der Waals surface area (Å²) in [5.74, 6) is 0.937. The van der Waals surface area contributed by atoms with Gasteiger partial charge >= 0.3 is 0 Å². The predicted octanol–water partition coefficient (Wildman–Crippen LogP) is 4.55. The zero-order valence-electron chi connectivity index (χ0n) is 18.9. The largest absolute Gasteiger partial charge is 0.493 e. The van der Waals surface area contributed by atoms with Gasteiger partial charge in [-0.25, -0.2) is 9.13 Å². The number of aromatic nitrogens is 2. The van der Waals surface area contributed by atoms with Crippen LogP contribution in [0.25, 0.3) is 21.9 Å². The van der Waals surface area contributed by atoms with Gasteiger partial charge in [0.2, 0.25) is 0 Å². The number of ether oxygens (including phenoxy) is 1. The standard InChI is InChI=1S/C28H33N3O/c1-2-29-15-5-16-30-18-11-25(12-19-30)26-13-20-31(21-14-26)17-6-22-32-28-10-9-24-7-3-4-8-27(24)23-28/h3-4,7-14,18-21,23,29H,2,5-6,15-17,22H2,1H3/q+2. The van der Waals surface area contributed by atoms with Gasteiger partial charge < -0.3 is 10.1 Å². The van der Waals surface area contributed by atoms with Crippen LogP contribution in [0.2, 0.25) is 0 Å². The lowest BCUT2D eigenvalue weighted by molar-refractivity contribution is -0.697. The van der Waals surface area contributed by atoms with E-state index in [1.54, 1.807) is 0 Å². The average molecular weight is 428 g/mol. The van der Waals surface area contributed by atoms with Crippen LogP contribution in [-0.4, -0.2) is 19.7 Å². The van der Waals surface area contributed by atoms with Crippen molar-refractivity contribution in [1.82, 2.24) is 5.32 Å². The molecule has 32 heavy (non-hydrogen) atoms. The molecule has 0 aliphatic rings. The van der Waals surface area contributed by atoms with E-state index in [0.717, 1.165) is 44.8 Å². The Kier molecular flexibility index (Phi) is 7.83. The number of benzene rings is 2. The predicted molar refractivity (Wildman–Crippen MR) is 129 cm³/mol. The lowest BCUT2D eigenvalue weighted by atomic mass is 10.1. The smallest absolute Gasteiger partial charge is 0.169 e. The summed E-state index contributed by atoms with van der Waals surface area (Å²) in [6.07, 6.45) is 10.8. The third-order valence-corrected chi connectivity index (χ3v) is 5.69. The molecule has 4 rings (SSSR count). The summed E-state index contributed by atoms with van der Waals surface area (Å²) in [6, 6.07) is 23.4. The first-order chi connectivity index (χ1) is 15.8. The van der Waals surface area contributed by atoms with Gasteiger partial charge in [-0.3, -0.25) is 0 Å². The number of nitrogens with one attached hydrogen (secondary N) is 1. The molecule has 2 aromatic carbocycles. The van der Waals surface area contributed by atoms with Crippen LogP contribution in [0.1, 0.15) is 19.8 Å². The molecule has 0 saturated carbocycles. The molecule has 164 valence electrons. The summed E-state index contributed by atoms with van der Waals surface area (Å²) >= 11 is 0. The number of hydrogen-bond acceptors (Lipinski definition) is 2. The Morgan fingerprint density at radius 2 is 1.34 bits per heavy atom. The minimum absolute atomic E-state index is 0.708. The van der Waals surface area contributed by atoms with Crippen LogP contribution in [0.4, 0.5) is 0 Å². The minimum atomic E-state index is 0.708. The topological polar surface area (TPSA) is 29.0 Å². The molecule has 0 bridgehead atoms. The van der Waals surface area contributed by atoms with E-state index in [1.165, 1.54) is 21.9 Å². The molecular weight excluding hydrogens is 394 g/mol. The normalized spacial score (nSPS) is 11.0. The first-order valence-electron chi connectivity index (χ1n) is 11.6. The fraction of sp³-hybridized carbons (Fsp3) is 0.286. The number of aryl methyl sites for hydroxylation is 2. The van der Waals surface area contributed by atoms with Crippen LogP contribution in [0.15, 0.2) is 91.5 Å². The Labute approximate surface area is 191 Å². The highest BCUT2D eigenvalue weighted by Gasteiger charge is 2.06. The number of fused-ring (bicyclic) bond motifs is 1. The summed E-state index contributed by atoms with van der Waals surface area (Å²) in [5.41, 5.74) is 2.49. The molecule has 4 aromatic rings. The highest BCUT2D eigenvalue weighted by atomic mass is 16.5. The van der Waals surface area contributed by atoms with Crippen molar-refractivity contribution in [2.24, 2.45) is 0 Å². The fourth-order valence-electron chi connectivity index (χ4n) is 3.86. The van der Waals surface area contributed by atoms with Gasteiger partial charge in [0, 0.05) is 43.7 Å². The molecule has 1 N–H and O–H groups in total. The van der Waals surface area contributed by atoms with Crippen LogP contribution in [0.3, 0.4) is 0 Å². The third kappa shape index (κ3) is 6.14. The van der Waals surface area contributed by atoms with Crippen molar-refractivity contribution in [2.75, 3.05) is 19.7 Å². The monoisotopic (exact) mass is 427 g/mol. The number of nitrogens with zero attached hydrogens (tertiary/aromatic N) is 2. The zero-order valence-corrected chi connectivity index (χ0v) is 18.9. The second-order valence-corrected chi connectivity index (χ2v) is 8.07. The summed E-state index contributed by atoms with van der Waals surface area (Å²) in [5, 5.41) is 5.83. The van der Waals surface area contributed by atoms with Crippen molar-refractivity contribution in [3.8, 4) is 16.9 Å². The molecule has 2 heterocycles. The van der Waals surface area contributed by atoms with Gasteiger partial charge in [-0.05, 0) is 40.6 Å². The van der Waals surface area contributed by atoms with E-state index in [-0.39, 0.29) is 0 Å². The summed E-state index contributed by atoms with van der Waals surface area (Å²) in [6.45, 7) is 6.94. The molecule has 0 spiro atoms. The lowest BCUT2D eigenvalue weighted by Crippen LogP contribution is -2.34. The Bertz CT molecular complexity index is 1110. The quantitative estimate of drug-likeness (QED) is 0.281. The van der Waals surface area contributed by atoms with Gasteiger partial charge in [0.05, 0.1) is 6.61 Å². The van der Waals surface area contributed by atoms with Gasteiger partial charge in [-0.1, -0.05) is 37.3 Å². The van der Waals surface area contributed by atoms with Gasteiger partial charge in [0.25, 0.3) is 0 Å². The second kappa shape index (κ2) is 11.4. The molecule has 0 fully saturated rings. The Balaban J connectivity index is 1.23. The van der Waals surface area contributed by atoms with E-state index in [1.807, 2.05) is 0 Å². The van der Waals surface area contributed by atoms with E-state index in [4.69, 9.17) is 4.74 Å². The zero-order chi connectivity index (χ0) is 22.0. The molecule has 0 aliphatic heterocycles. The van der Waals surface area contributed by atoms with Crippen molar-refractivity contribution in [3.05, 3.63) is 91.5 Å². The average Bonchev–Trinajstić information content (AvgIpc) is 2.85. The van der Waals surface area contributed by atoms with E-state index in [9.17, 15) is 0 Å². The van der Waals surface area contributed by atoms with E-state index < -0.39 is 0 Å². The number of hydrogen-bond donors (Lipinski definition) is 1. The highest BCUT2D eigenvalue weighted by Crippen LogP contribution is 2.20. The highest BCUT2D eigenvalue weighted by molar-refractivity contribution is 5.83. The van der Waals surface area contributed by atoms with Crippen LogP contribution in [-0.2, 0) is 13.1 Å².